The molecule has 0 aliphatic heterocycles. The number of carbonyl (C=O) groups excluding carboxylic acids is 1. The average Bonchev–Trinajstić information content (AvgIpc) is 2.63. The fourth-order valence-electron chi connectivity index (χ4n) is 1.14. The van der Waals surface area contributed by atoms with E-state index >= 15 is 0 Å². The Morgan fingerprint density at radius 3 is 3.20 bits per heavy atom. The summed E-state index contributed by atoms with van der Waals surface area (Å²) >= 11 is 0. The second kappa shape index (κ2) is 5.81. The highest BCUT2D eigenvalue weighted by Gasteiger charge is 2.04. The van der Waals surface area contributed by atoms with Gasteiger partial charge in [0.2, 0.25) is 5.91 Å². The van der Waals surface area contributed by atoms with Gasteiger partial charge in [-0.25, -0.2) is 4.68 Å². The number of aryl methyl sites for hydroxylation is 1. The molecule has 1 N–H and O–H groups in total. The molecule has 0 atom stereocenters. The largest absolute Gasteiger partial charge is 0.344 e. The molecule has 0 radical (unpaired) electrons. The van der Waals surface area contributed by atoms with E-state index in [-0.39, 0.29) is 19.0 Å². The smallest absolute Gasteiger partial charge is 0.242 e. The zero-order valence-electron chi connectivity index (χ0n) is 8.73. The van der Waals surface area contributed by atoms with Gasteiger partial charge in [-0.15, -0.1) is 11.5 Å². The Bertz CT molecular complexity index is 364. The van der Waals surface area contributed by atoms with Crippen LogP contribution < -0.4 is 5.32 Å². The number of carbonyl (C=O) groups is 1. The summed E-state index contributed by atoms with van der Waals surface area (Å²) in [6, 6.07) is 0. The Morgan fingerprint density at radius 2 is 2.53 bits per heavy atom. The Kier molecular flexibility index (Phi) is 4.35. The number of terminal acetylenes is 1. The van der Waals surface area contributed by atoms with E-state index in [1.54, 1.807) is 6.20 Å². The number of hydrogen-bond acceptors (Lipinski definition) is 3. The summed E-state index contributed by atoms with van der Waals surface area (Å²) in [7, 11) is 0. The van der Waals surface area contributed by atoms with E-state index in [9.17, 15) is 4.79 Å². The van der Waals surface area contributed by atoms with Gasteiger partial charge in [0.05, 0.1) is 12.2 Å². The number of amides is 1. The van der Waals surface area contributed by atoms with Crippen LogP contribution in [0, 0.1) is 12.3 Å². The van der Waals surface area contributed by atoms with Crippen LogP contribution >= 0.6 is 0 Å². The van der Waals surface area contributed by atoms with Gasteiger partial charge >= 0.3 is 0 Å². The number of nitrogens with zero attached hydrogens (tertiary/aromatic N) is 3. The molecule has 0 aromatic carbocycles. The Morgan fingerprint density at radius 1 is 1.73 bits per heavy atom. The Labute approximate surface area is 88.9 Å². The molecule has 0 bridgehead atoms. The van der Waals surface area contributed by atoms with E-state index in [1.165, 1.54) is 4.68 Å². The van der Waals surface area contributed by atoms with Crippen molar-refractivity contribution in [1.29, 1.82) is 0 Å². The summed E-state index contributed by atoms with van der Waals surface area (Å²) in [6.45, 7) is 2.48. The molecule has 0 spiro atoms. The zero-order valence-corrected chi connectivity index (χ0v) is 8.73. The van der Waals surface area contributed by atoms with Gasteiger partial charge in [0.1, 0.15) is 6.54 Å². The molecule has 5 heteroatoms. The van der Waals surface area contributed by atoms with Crippen molar-refractivity contribution in [2.24, 2.45) is 0 Å². The van der Waals surface area contributed by atoms with Crippen molar-refractivity contribution < 1.29 is 4.79 Å². The van der Waals surface area contributed by atoms with Crippen LogP contribution in [0.2, 0.25) is 0 Å². The lowest BCUT2D eigenvalue weighted by Gasteiger charge is -1.99. The zero-order chi connectivity index (χ0) is 11.1. The van der Waals surface area contributed by atoms with Crippen LogP contribution in [0.5, 0.6) is 0 Å². The van der Waals surface area contributed by atoms with Crippen molar-refractivity contribution in [3.8, 4) is 12.3 Å². The Hall–Kier alpha value is -1.83. The maximum atomic E-state index is 11.2. The quantitative estimate of drug-likeness (QED) is 0.689. The second-order valence-electron chi connectivity index (χ2n) is 3.14. The van der Waals surface area contributed by atoms with Crippen molar-refractivity contribution in [1.82, 2.24) is 20.3 Å². The first kappa shape index (κ1) is 11.2. The highest BCUT2D eigenvalue weighted by Crippen LogP contribution is 1.96. The third-order valence-electron chi connectivity index (χ3n) is 1.79. The van der Waals surface area contributed by atoms with Gasteiger partial charge in [0.25, 0.3) is 0 Å². The lowest BCUT2D eigenvalue weighted by atomic mass is 10.3. The second-order valence-corrected chi connectivity index (χ2v) is 3.14. The lowest BCUT2D eigenvalue weighted by Crippen LogP contribution is -2.27. The highest BCUT2D eigenvalue weighted by molar-refractivity contribution is 5.75. The normalized spacial score (nSPS) is 9.60. The molecule has 1 aromatic heterocycles. The predicted molar refractivity (Wildman–Crippen MR) is 55.9 cm³/mol. The predicted octanol–water partition coefficient (Wildman–Crippen LogP) is -0.0200. The maximum Gasteiger partial charge on any atom is 0.242 e. The van der Waals surface area contributed by atoms with Crippen LogP contribution in [0.4, 0.5) is 0 Å². The van der Waals surface area contributed by atoms with Crippen LogP contribution in [-0.4, -0.2) is 27.4 Å². The van der Waals surface area contributed by atoms with E-state index in [0.29, 0.717) is 0 Å². The Balaban J connectivity index is 2.43. The molecule has 0 saturated heterocycles. The molecule has 1 heterocycles. The lowest BCUT2D eigenvalue weighted by molar-refractivity contribution is -0.121. The van der Waals surface area contributed by atoms with Crippen LogP contribution in [-0.2, 0) is 17.8 Å². The van der Waals surface area contributed by atoms with Gasteiger partial charge in [-0.05, 0) is 6.42 Å². The summed E-state index contributed by atoms with van der Waals surface area (Å²) < 4.78 is 1.51. The minimum Gasteiger partial charge on any atom is -0.344 e. The average molecular weight is 206 g/mol. The molecule has 15 heavy (non-hydrogen) atoms. The van der Waals surface area contributed by atoms with E-state index in [4.69, 9.17) is 6.42 Å². The first-order chi connectivity index (χ1) is 7.26. The SMILES string of the molecule is C#CCNC(=O)Cn1cc(CCC)nn1. The molecule has 0 fully saturated rings. The van der Waals surface area contributed by atoms with Gasteiger partial charge in [0, 0.05) is 6.20 Å². The molecule has 1 rings (SSSR count). The number of aromatic nitrogens is 3. The van der Waals surface area contributed by atoms with Crippen molar-refractivity contribution in [2.75, 3.05) is 6.54 Å². The summed E-state index contributed by atoms with van der Waals surface area (Å²) in [5, 5.41) is 10.3. The summed E-state index contributed by atoms with van der Waals surface area (Å²) in [5.74, 6) is 2.18. The first-order valence-electron chi connectivity index (χ1n) is 4.85. The van der Waals surface area contributed by atoms with Gasteiger partial charge < -0.3 is 5.32 Å². The van der Waals surface area contributed by atoms with E-state index in [1.807, 2.05) is 0 Å². The fraction of sp³-hybridized carbons (Fsp3) is 0.500. The first-order valence-corrected chi connectivity index (χ1v) is 4.85. The van der Waals surface area contributed by atoms with Crippen molar-refractivity contribution in [3.05, 3.63) is 11.9 Å². The van der Waals surface area contributed by atoms with E-state index in [2.05, 4.69) is 28.5 Å². The highest BCUT2D eigenvalue weighted by atomic mass is 16.2. The van der Waals surface area contributed by atoms with Crippen molar-refractivity contribution in [2.45, 2.75) is 26.3 Å². The molecule has 0 unspecified atom stereocenters. The standard InChI is InChI=1S/C10H14N4O/c1-3-5-9-7-14(13-12-9)8-10(15)11-6-4-2/h2,7H,3,5-6,8H2,1H3,(H,11,15). The van der Waals surface area contributed by atoms with Crippen LogP contribution in [0.25, 0.3) is 0 Å². The molecular formula is C10H14N4O. The molecule has 80 valence electrons. The minimum absolute atomic E-state index is 0.152. The topological polar surface area (TPSA) is 59.8 Å². The summed E-state index contributed by atoms with van der Waals surface area (Å²) in [6.07, 6.45) is 8.69. The van der Waals surface area contributed by atoms with Crippen LogP contribution in [0.1, 0.15) is 19.0 Å². The number of rotatable bonds is 5. The van der Waals surface area contributed by atoms with E-state index < -0.39 is 0 Å². The van der Waals surface area contributed by atoms with Gasteiger partial charge in [0.15, 0.2) is 0 Å². The molecule has 0 aliphatic rings. The van der Waals surface area contributed by atoms with Crippen molar-refractivity contribution >= 4 is 5.91 Å². The molecule has 1 aromatic rings. The van der Waals surface area contributed by atoms with Gasteiger partial charge in [-0.3, -0.25) is 4.79 Å². The van der Waals surface area contributed by atoms with Gasteiger partial charge in [-0.1, -0.05) is 24.5 Å². The molecular weight excluding hydrogens is 192 g/mol. The number of hydrogen-bond donors (Lipinski definition) is 1. The van der Waals surface area contributed by atoms with Crippen LogP contribution in [0.3, 0.4) is 0 Å². The monoisotopic (exact) mass is 206 g/mol. The molecule has 1 amide bonds. The minimum atomic E-state index is -0.152. The molecule has 0 aliphatic carbocycles. The summed E-state index contributed by atoms with van der Waals surface area (Å²) in [5.41, 5.74) is 0.905. The van der Waals surface area contributed by atoms with E-state index in [0.717, 1.165) is 18.5 Å². The summed E-state index contributed by atoms with van der Waals surface area (Å²) in [4.78, 5) is 11.2. The molecule has 5 nitrogen and oxygen atoms in total. The number of nitrogens with one attached hydrogen (secondary N) is 1. The third kappa shape index (κ3) is 3.81. The molecule has 0 saturated carbocycles. The fourth-order valence-corrected chi connectivity index (χ4v) is 1.14. The van der Waals surface area contributed by atoms with Crippen molar-refractivity contribution in [3.63, 3.8) is 0 Å². The van der Waals surface area contributed by atoms with Crippen LogP contribution in [0.15, 0.2) is 6.20 Å². The third-order valence-corrected chi connectivity index (χ3v) is 1.79. The maximum absolute atomic E-state index is 11.2. The van der Waals surface area contributed by atoms with Gasteiger partial charge in [-0.2, -0.15) is 0 Å².